The molecule has 0 spiro atoms. The molecule has 7 nitrogen and oxygen atoms in total. The second-order valence-electron chi connectivity index (χ2n) is 6.37. The first-order valence-corrected chi connectivity index (χ1v) is 9.72. The highest BCUT2D eigenvalue weighted by atomic mass is 16.5. The topological polar surface area (TPSA) is 85.9 Å². The number of hydrogen-bond donors (Lipinski definition) is 2. The first-order chi connectivity index (χ1) is 14.1. The van der Waals surface area contributed by atoms with E-state index in [2.05, 4.69) is 17.8 Å². The maximum atomic E-state index is 12.4. The summed E-state index contributed by atoms with van der Waals surface area (Å²) in [5.41, 5.74) is 5.09. The average Bonchev–Trinajstić information content (AvgIpc) is 2.76. The van der Waals surface area contributed by atoms with Gasteiger partial charge in [0.15, 0.2) is 6.61 Å². The van der Waals surface area contributed by atoms with Gasteiger partial charge in [0.05, 0.1) is 19.3 Å². The van der Waals surface area contributed by atoms with Crippen LogP contribution in [0.2, 0.25) is 0 Å². The van der Waals surface area contributed by atoms with Gasteiger partial charge in [-0.25, -0.2) is 0 Å². The molecule has 0 atom stereocenters. The van der Waals surface area contributed by atoms with Crippen molar-refractivity contribution in [3.8, 4) is 17.2 Å². The largest absolute Gasteiger partial charge is 0.497 e. The molecule has 0 aromatic heterocycles. The summed E-state index contributed by atoms with van der Waals surface area (Å²) in [5.74, 6) is 0.777. The standard InChI is InChI=1S/C22H28N2O5/c1-3-4-5-8-15-28-20-10-7-6-9-19(20)22(26)24-23-21(25)16-29-18-13-11-17(27-2)12-14-18/h6-7,9-14H,3-5,8,15-16H2,1-2H3,(H,23,25)(H,24,26). The molecule has 0 aliphatic rings. The van der Waals surface area contributed by atoms with Gasteiger partial charge in [-0.1, -0.05) is 38.3 Å². The van der Waals surface area contributed by atoms with E-state index in [4.69, 9.17) is 14.2 Å². The van der Waals surface area contributed by atoms with E-state index >= 15 is 0 Å². The highest BCUT2D eigenvalue weighted by Gasteiger charge is 2.13. The maximum Gasteiger partial charge on any atom is 0.276 e. The van der Waals surface area contributed by atoms with E-state index in [1.54, 1.807) is 55.6 Å². The number of benzene rings is 2. The van der Waals surface area contributed by atoms with Crippen LogP contribution >= 0.6 is 0 Å². The van der Waals surface area contributed by atoms with E-state index in [0.717, 1.165) is 25.7 Å². The first-order valence-electron chi connectivity index (χ1n) is 9.72. The predicted molar refractivity (Wildman–Crippen MR) is 110 cm³/mol. The Labute approximate surface area is 171 Å². The van der Waals surface area contributed by atoms with Crippen LogP contribution in [0.3, 0.4) is 0 Å². The number of nitrogens with one attached hydrogen (secondary N) is 2. The molecule has 2 rings (SSSR count). The van der Waals surface area contributed by atoms with Crippen LogP contribution in [0.25, 0.3) is 0 Å². The number of carbonyl (C=O) groups excluding carboxylic acids is 2. The lowest BCUT2D eigenvalue weighted by molar-refractivity contribution is -0.123. The third-order valence-corrected chi connectivity index (χ3v) is 4.13. The number of hydrazine groups is 1. The number of amides is 2. The summed E-state index contributed by atoms with van der Waals surface area (Å²) in [7, 11) is 1.57. The Kier molecular flexibility index (Phi) is 9.35. The summed E-state index contributed by atoms with van der Waals surface area (Å²) in [6.45, 7) is 2.46. The Balaban J connectivity index is 1.78. The van der Waals surface area contributed by atoms with Gasteiger partial charge in [0.25, 0.3) is 11.8 Å². The fourth-order valence-electron chi connectivity index (χ4n) is 2.54. The minimum Gasteiger partial charge on any atom is -0.497 e. The molecule has 0 aliphatic heterocycles. The molecule has 7 heteroatoms. The van der Waals surface area contributed by atoms with Crippen LogP contribution in [0.4, 0.5) is 0 Å². The van der Waals surface area contributed by atoms with Gasteiger partial charge >= 0.3 is 0 Å². The molecule has 0 fully saturated rings. The Bertz CT molecular complexity index is 777. The van der Waals surface area contributed by atoms with Crippen molar-refractivity contribution in [3.63, 3.8) is 0 Å². The van der Waals surface area contributed by atoms with Gasteiger partial charge in [0.1, 0.15) is 17.2 Å². The molecule has 0 unspecified atom stereocenters. The molecule has 2 N–H and O–H groups in total. The van der Waals surface area contributed by atoms with Crippen LogP contribution in [0.1, 0.15) is 43.0 Å². The molecule has 0 aliphatic carbocycles. The molecule has 2 aromatic carbocycles. The minimum absolute atomic E-state index is 0.234. The van der Waals surface area contributed by atoms with E-state index in [9.17, 15) is 9.59 Å². The average molecular weight is 400 g/mol. The van der Waals surface area contributed by atoms with E-state index in [1.165, 1.54) is 0 Å². The highest BCUT2D eigenvalue weighted by molar-refractivity contribution is 5.97. The molecule has 2 aromatic rings. The van der Waals surface area contributed by atoms with Crippen LogP contribution in [-0.4, -0.2) is 32.1 Å². The van der Waals surface area contributed by atoms with Crippen molar-refractivity contribution in [2.45, 2.75) is 32.6 Å². The van der Waals surface area contributed by atoms with Crippen LogP contribution in [0, 0.1) is 0 Å². The SMILES string of the molecule is CCCCCCOc1ccccc1C(=O)NNC(=O)COc1ccc(OC)cc1. The quantitative estimate of drug-likeness (QED) is 0.445. The van der Waals surface area contributed by atoms with Crippen molar-refractivity contribution in [1.29, 1.82) is 0 Å². The van der Waals surface area contributed by atoms with Gasteiger partial charge in [-0.05, 0) is 42.8 Å². The molecule has 0 radical (unpaired) electrons. The zero-order chi connectivity index (χ0) is 20.9. The Morgan fingerprint density at radius 2 is 1.59 bits per heavy atom. The number of ether oxygens (including phenoxy) is 3. The normalized spacial score (nSPS) is 10.1. The zero-order valence-corrected chi connectivity index (χ0v) is 16.9. The maximum absolute atomic E-state index is 12.4. The van der Waals surface area contributed by atoms with Crippen LogP contribution in [0.15, 0.2) is 48.5 Å². The van der Waals surface area contributed by atoms with E-state index < -0.39 is 11.8 Å². The molecule has 0 bridgehead atoms. The second kappa shape index (κ2) is 12.3. The van der Waals surface area contributed by atoms with Gasteiger partial charge in [-0.2, -0.15) is 0 Å². The van der Waals surface area contributed by atoms with E-state index in [1.807, 2.05) is 0 Å². The van der Waals surface area contributed by atoms with Crippen molar-refractivity contribution in [3.05, 3.63) is 54.1 Å². The summed E-state index contributed by atoms with van der Waals surface area (Å²) in [6.07, 6.45) is 4.34. The number of hydrogen-bond acceptors (Lipinski definition) is 5. The number of rotatable bonds is 11. The molecule has 0 saturated carbocycles. The smallest absolute Gasteiger partial charge is 0.276 e. The van der Waals surface area contributed by atoms with Crippen LogP contribution in [-0.2, 0) is 4.79 Å². The third-order valence-electron chi connectivity index (χ3n) is 4.13. The second-order valence-corrected chi connectivity index (χ2v) is 6.37. The third kappa shape index (κ3) is 7.73. The molecule has 2 amide bonds. The lowest BCUT2D eigenvalue weighted by atomic mass is 10.2. The highest BCUT2D eigenvalue weighted by Crippen LogP contribution is 2.18. The molecule has 29 heavy (non-hydrogen) atoms. The molecule has 156 valence electrons. The lowest BCUT2D eigenvalue weighted by Gasteiger charge is -2.12. The fourth-order valence-corrected chi connectivity index (χ4v) is 2.54. The van der Waals surface area contributed by atoms with Gasteiger partial charge in [-0.15, -0.1) is 0 Å². The Hall–Kier alpha value is -3.22. The van der Waals surface area contributed by atoms with Crippen molar-refractivity contribution in [2.75, 3.05) is 20.3 Å². The number of methoxy groups -OCH3 is 1. The number of carbonyl (C=O) groups is 2. The Morgan fingerprint density at radius 3 is 2.31 bits per heavy atom. The van der Waals surface area contributed by atoms with Gasteiger partial charge in [0, 0.05) is 0 Å². The van der Waals surface area contributed by atoms with Crippen molar-refractivity contribution >= 4 is 11.8 Å². The minimum atomic E-state index is -0.480. The van der Waals surface area contributed by atoms with Gasteiger partial charge in [-0.3, -0.25) is 20.4 Å². The molecule has 0 heterocycles. The van der Waals surface area contributed by atoms with E-state index in [-0.39, 0.29) is 6.61 Å². The van der Waals surface area contributed by atoms with E-state index in [0.29, 0.717) is 29.4 Å². The van der Waals surface area contributed by atoms with Crippen molar-refractivity contribution in [2.24, 2.45) is 0 Å². The van der Waals surface area contributed by atoms with Gasteiger partial charge in [0.2, 0.25) is 0 Å². The molecule has 0 saturated heterocycles. The number of para-hydroxylation sites is 1. The summed E-state index contributed by atoms with van der Waals surface area (Å²) in [4.78, 5) is 24.3. The summed E-state index contributed by atoms with van der Waals surface area (Å²) < 4.78 is 16.2. The van der Waals surface area contributed by atoms with Crippen LogP contribution in [0.5, 0.6) is 17.2 Å². The first kappa shape index (κ1) is 22.1. The van der Waals surface area contributed by atoms with Crippen molar-refractivity contribution < 1.29 is 23.8 Å². The molecular weight excluding hydrogens is 372 g/mol. The lowest BCUT2D eigenvalue weighted by Crippen LogP contribution is -2.43. The summed E-state index contributed by atoms with van der Waals surface area (Å²) in [5, 5.41) is 0. The summed E-state index contributed by atoms with van der Waals surface area (Å²) in [6, 6.07) is 13.8. The predicted octanol–water partition coefficient (Wildman–Crippen LogP) is 3.49. The Morgan fingerprint density at radius 1 is 0.862 bits per heavy atom. The van der Waals surface area contributed by atoms with Gasteiger partial charge < -0.3 is 14.2 Å². The fraction of sp³-hybridized carbons (Fsp3) is 0.364. The van der Waals surface area contributed by atoms with Crippen molar-refractivity contribution in [1.82, 2.24) is 10.9 Å². The zero-order valence-electron chi connectivity index (χ0n) is 16.9. The van der Waals surface area contributed by atoms with Crippen LogP contribution < -0.4 is 25.1 Å². The summed E-state index contributed by atoms with van der Waals surface area (Å²) >= 11 is 0. The molecular formula is C22H28N2O5. The monoisotopic (exact) mass is 400 g/mol. The number of unbranched alkanes of at least 4 members (excludes halogenated alkanes) is 3.